The van der Waals surface area contributed by atoms with Crippen LogP contribution in [0.25, 0.3) is 0 Å². The lowest BCUT2D eigenvalue weighted by Crippen LogP contribution is -2.16. The van der Waals surface area contributed by atoms with Crippen LogP contribution in [0.3, 0.4) is 0 Å². The monoisotopic (exact) mass is 366 g/mol. The number of nitrogens with one attached hydrogen (secondary N) is 1. The molecule has 0 spiro atoms. The molecule has 2 aromatic carbocycles. The molecule has 7 heteroatoms. The first-order valence-electron chi connectivity index (χ1n) is 7.46. The van der Waals surface area contributed by atoms with Crippen molar-refractivity contribution < 1.29 is 13.2 Å². The standard InChI is InChI=1S/C17H19ClN2O3S/c1-3-11(2)12-4-7-14(8-5-12)20-17(21)13-6-9-15(18)16(10-13)24(19,22)23/h4-11H,3H2,1-2H3,(H,20,21)(H2,19,22,23). The van der Waals surface area contributed by atoms with Crippen LogP contribution >= 0.6 is 11.6 Å². The zero-order valence-corrected chi connectivity index (χ0v) is 15.0. The molecule has 128 valence electrons. The second-order valence-corrected chi connectivity index (χ2v) is 7.51. The fourth-order valence-electron chi connectivity index (χ4n) is 2.20. The number of rotatable bonds is 5. The van der Waals surface area contributed by atoms with Gasteiger partial charge in [-0.1, -0.05) is 37.6 Å². The lowest BCUT2D eigenvalue weighted by molar-refractivity contribution is 0.102. The Kier molecular flexibility index (Phi) is 5.64. The van der Waals surface area contributed by atoms with Crippen LogP contribution in [0.1, 0.15) is 42.1 Å². The molecule has 0 saturated carbocycles. The predicted molar refractivity (Wildman–Crippen MR) is 95.9 cm³/mol. The van der Waals surface area contributed by atoms with Crippen molar-refractivity contribution in [2.45, 2.75) is 31.1 Å². The van der Waals surface area contributed by atoms with Crippen LogP contribution in [0.2, 0.25) is 5.02 Å². The van der Waals surface area contributed by atoms with E-state index in [1.165, 1.54) is 23.8 Å². The second kappa shape index (κ2) is 7.34. The van der Waals surface area contributed by atoms with Crippen molar-refractivity contribution in [2.75, 3.05) is 5.32 Å². The van der Waals surface area contributed by atoms with Gasteiger partial charge in [0.05, 0.1) is 5.02 Å². The first-order valence-corrected chi connectivity index (χ1v) is 9.38. The van der Waals surface area contributed by atoms with Gasteiger partial charge in [0.2, 0.25) is 10.0 Å². The van der Waals surface area contributed by atoms with E-state index in [9.17, 15) is 13.2 Å². The summed E-state index contributed by atoms with van der Waals surface area (Å²) < 4.78 is 23.0. The average molecular weight is 367 g/mol. The number of amides is 1. The van der Waals surface area contributed by atoms with Crippen LogP contribution in [0, 0.1) is 0 Å². The van der Waals surface area contributed by atoms with Gasteiger partial charge in [-0.3, -0.25) is 4.79 Å². The predicted octanol–water partition coefficient (Wildman–Crippen LogP) is 3.75. The van der Waals surface area contributed by atoms with E-state index in [4.69, 9.17) is 16.7 Å². The minimum absolute atomic E-state index is 0.0213. The van der Waals surface area contributed by atoms with Crippen LogP contribution in [0.4, 0.5) is 5.69 Å². The first kappa shape index (κ1) is 18.4. The summed E-state index contributed by atoms with van der Waals surface area (Å²) in [5.74, 6) is 0.0104. The van der Waals surface area contributed by atoms with Gasteiger partial charge >= 0.3 is 0 Å². The van der Waals surface area contributed by atoms with Gasteiger partial charge in [-0.15, -0.1) is 0 Å². The van der Waals surface area contributed by atoms with Gasteiger partial charge in [-0.05, 0) is 48.2 Å². The molecule has 2 aromatic rings. The molecule has 2 rings (SSSR count). The fourth-order valence-corrected chi connectivity index (χ4v) is 3.27. The molecule has 0 bridgehead atoms. The Labute approximate surface area is 146 Å². The Morgan fingerprint density at radius 2 is 1.83 bits per heavy atom. The Hall–Kier alpha value is -1.89. The number of nitrogens with two attached hydrogens (primary N) is 1. The van der Waals surface area contributed by atoms with Crippen LogP contribution in [0.15, 0.2) is 47.4 Å². The Bertz CT molecular complexity index is 849. The molecule has 1 amide bonds. The Balaban J connectivity index is 2.21. The summed E-state index contributed by atoms with van der Waals surface area (Å²) >= 11 is 5.82. The van der Waals surface area contributed by atoms with Gasteiger partial charge in [0.25, 0.3) is 5.91 Å². The summed E-state index contributed by atoms with van der Waals surface area (Å²) in [4.78, 5) is 12.0. The number of carbonyl (C=O) groups excluding carboxylic acids is 1. The van der Waals surface area contributed by atoms with E-state index in [1.807, 2.05) is 24.3 Å². The highest BCUT2D eigenvalue weighted by Gasteiger charge is 2.16. The number of anilines is 1. The molecule has 0 heterocycles. The van der Waals surface area contributed by atoms with Crippen molar-refractivity contribution in [1.29, 1.82) is 0 Å². The molecule has 1 atom stereocenters. The third-order valence-corrected chi connectivity index (χ3v) is 5.24. The number of benzene rings is 2. The maximum Gasteiger partial charge on any atom is 0.255 e. The third kappa shape index (κ3) is 4.35. The number of carbonyl (C=O) groups is 1. The molecule has 0 fully saturated rings. The summed E-state index contributed by atoms with van der Waals surface area (Å²) in [6.45, 7) is 4.25. The summed E-state index contributed by atoms with van der Waals surface area (Å²) in [5.41, 5.74) is 1.98. The molecule has 5 nitrogen and oxygen atoms in total. The molecule has 24 heavy (non-hydrogen) atoms. The van der Waals surface area contributed by atoms with Crippen LogP contribution < -0.4 is 10.5 Å². The van der Waals surface area contributed by atoms with Crippen molar-refractivity contribution in [3.63, 3.8) is 0 Å². The molecule has 0 saturated heterocycles. The highest BCUT2D eigenvalue weighted by atomic mass is 35.5. The van der Waals surface area contributed by atoms with E-state index < -0.39 is 15.9 Å². The molecule has 1 unspecified atom stereocenters. The van der Waals surface area contributed by atoms with E-state index in [1.54, 1.807) is 0 Å². The van der Waals surface area contributed by atoms with Crippen molar-refractivity contribution >= 4 is 33.2 Å². The lowest BCUT2D eigenvalue weighted by Gasteiger charge is -2.11. The molecule has 0 radical (unpaired) electrons. The van der Waals surface area contributed by atoms with Crippen LogP contribution in [-0.4, -0.2) is 14.3 Å². The summed E-state index contributed by atoms with van der Waals surface area (Å²) in [5, 5.41) is 7.79. The molecule has 3 N–H and O–H groups in total. The Morgan fingerprint density at radius 3 is 2.38 bits per heavy atom. The van der Waals surface area contributed by atoms with E-state index in [0.29, 0.717) is 11.6 Å². The summed E-state index contributed by atoms with van der Waals surface area (Å²) in [7, 11) is -3.99. The van der Waals surface area contributed by atoms with Crippen molar-refractivity contribution in [1.82, 2.24) is 0 Å². The SMILES string of the molecule is CCC(C)c1ccc(NC(=O)c2ccc(Cl)c(S(N)(=O)=O)c2)cc1. The van der Waals surface area contributed by atoms with Crippen molar-refractivity contribution in [3.8, 4) is 0 Å². The maximum absolute atomic E-state index is 12.3. The number of primary sulfonamides is 1. The normalized spacial score (nSPS) is 12.7. The Morgan fingerprint density at radius 1 is 1.21 bits per heavy atom. The summed E-state index contributed by atoms with van der Waals surface area (Å²) in [6.07, 6.45) is 1.03. The van der Waals surface area contributed by atoms with Gasteiger partial charge in [-0.2, -0.15) is 0 Å². The van der Waals surface area contributed by atoms with Crippen molar-refractivity contribution in [2.24, 2.45) is 5.14 Å². The van der Waals surface area contributed by atoms with Crippen LogP contribution in [0.5, 0.6) is 0 Å². The second-order valence-electron chi connectivity index (χ2n) is 5.58. The van der Waals surface area contributed by atoms with Gasteiger partial charge in [-0.25, -0.2) is 13.6 Å². The smallest absolute Gasteiger partial charge is 0.255 e. The largest absolute Gasteiger partial charge is 0.322 e. The highest BCUT2D eigenvalue weighted by Crippen LogP contribution is 2.23. The fraction of sp³-hybridized carbons (Fsp3) is 0.235. The third-order valence-electron chi connectivity index (χ3n) is 3.85. The zero-order chi connectivity index (χ0) is 17.9. The lowest BCUT2D eigenvalue weighted by atomic mass is 9.98. The molecule has 0 aliphatic heterocycles. The van der Waals surface area contributed by atoms with Gasteiger partial charge in [0.15, 0.2) is 0 Å². The topological polar surface area (TPSA) is 89.3 Å². The number of hydrogen-bond donors (Lipinski definition) is 2. The molecule has 0 aromatic heterocycles. The van der Waals surface area contributed by atoms with Gasteiger partial charge in [0, 0.05) is 11.3 Å². The van der Waals surface area contributed by atoms with E-state index in [-0.39, 0.29) is 15.5 Å². The maximum atomic E-state index is 12.3. The average Bonchev–Trinajstić information content (AvgIpc) is 2.54. The summed E-state index contributed by atoms with van der Waals surface area (Å²) in [6, 6.07) is 11.5. The van der Waals surface area contributed by atoms with Crippen LogP contribution in [-0.2, 0) is 10.0 Å². The quantitative estimate of drug-likeness (QED) is 0.844. The van der Waals surface area contributed by atoms with E-state index in [2.05, 4.69) is 19.2 Å². The van der Waals surface area contributed by atoms with Gasteiger partial charge < -0.3 is 5.32 Å². The number of hydrogen-bond acceptors (Lipinski definition) is 3. The van der Waals surface area contributed by atoms with E-state index >= 15 is 0 Å². The van der Waals surface area contributed by atoms with E-state index in [0.717, 1.165) is 6.42 Å². The number of halogens is 1. The molecule has 0 aliphatic rings. The van der Waals surface area contributed by atoms with Gasteiger partial charge in [0.1, 0.15) is 4.90 Å². The highest BCUT2D eigenvalue weighted by molar-refractivity contribution is 7.89. The minimum Gasteiger partial charge on any atom is -0.322 e. The zero-order valence-electron chi connectivity index (χ0n) is 13.4. The molecular weight excluding hydrogens is 348 g/mol. The number of sulfonamides is 1. The van der Waals surface area contributed by atoms with Crippen molar-refractivity contribution in [3.05, 3.63) is 58.6 Å². The molecular formula is C17H19ClN2O3S. The molecule has 0 aliphatic carbocycles. The minimum atomic E-state index is -3.99. The first-order chi connectivity index (χ1) is 11.2.